The van der Waals surface area contributed by atoms with Gasteiger partial charge in [-0.15, -0.1) is 0 Å². The Bertz CT molecular complexity index is 1310. The first-order valence-electron chi connectivity index (χ1n) is 15.2. The molecule has 244 valence electrons. The zero-order chi connectivity index (χ0) is 32.3. The van der Waals surface area contributed by atoms with E-state index >= 15 is 0 Å². The van der Waals surface area contributed by atoms with Crippen LogP contribution in [0.4, 0.5) is 16.2 Å². The molecule has 4 amide bonds. The topological polar surface area (TPSA) is 165 Å². The Morgan fingerprint density at radius 1 is 0.778 bits per heavy atom. The molecule has 3 saturated heterocycles. The summed E-state index contributed by atoms with van der Waals surface area (Å²) in [7, 11) is 1.86. The lowest BCUT2D eigenvalue weighted by Gasteiger charge is -2.36. The van der Waals surface area contributed by atoms with Crippen molar-refractivity contribution in [1.29, 1.82) is 0 Å². The molecule has 0 saturated carbocycles. The first-order chi connectivity index (χ1) is 21.6. The summed E-state index contributed by atoms with van der Waals surface area (Å²) in [5.41, 5.74) is 2.50. The number of aliphatic carboxylic acids is 2. The summed E-state index contributed by atoms with van der Waals surface area (Å²) in [6.45, 7) is 6.39. The molecule has 45 heavy (non-hydrogen) atoms. The molecule has 0 spiro atoms. The van der Waals surface area contributed by atoms with Crippen LogP contribution < -0.4 is 10.2 Å². The number of aryl methyl sites for hydroxylation is 1. The van der Waals surface area contributed by atoms with Crippen molar-refractivity contribution in [3.63, 3.8) is 0 Å². The molecule has 0 aliphatic carbocycles. The molecule has 2 aromatic rings. The predicted molar refractivity (Wildman–Crippen MR) is 165 cm³/mol. The number of carbonyl (C=O) groups excluding carboxylic acids is 3. The van der Waals surface area contributed by atoms with Crippen molar-refractivity contribution in [2.45, 2.75) is 25.7 Å². The molecule has 0 atom stereocenters. The van der Waals surface area contributed by atoms with Crippen molar-refractivity contribution in [2.24, 2.45) is 13.0 Å². The summed E-state index contributed by atoms with van der Waals surface area (Å²) >= 11 is 0. The fourth-order valence-corrected chi connectivity index (χ4v) is 5.56. The van der Waals surface area contributed by atoms with Crippen LogP contribution in [0.15, 0.2) is 42.6 Å². The smallest absolute Gasteiger partial charge is 0.321 e. The summed E-state index contributed by atoms with van der Waals surface area (Å²) in [4.78, 5) is 65.3. The second kappa shape index (κ2) is 15.9. The zero-order valence-electron chi connectivity index (χ0n) is 25.6. The number of amides is 4. The molecule has 14 nitrogen and oxygen atoms in total. The minimum Gasteiger partial charge on any atom is -0.481 e. The number of anilines is 2. The summed E-state index contributed by atoms with van der Waals surface area (Å²) in [5.74, 6) is -1.79. The Balaban J connectivity index is 0.000000510. The number of piperazine rings is 1. The van der Waals surface area contributed by atoms with E-state index in [-0.39, 0.29) is 36.6 Å². The lowest BCUT2D eigenvalue weighted by atomic mass is 9.94. The van der Waals surface area contributed by atoms with Gasteiger partial charge in [0.15, 0.2) is 0 Å². The number of benzene rings is 1. The molecule has 0 bridgehead atoms. The Kier molecular flexibility index (Phi) is 11.8. The predicted octanol–water partition coefficient (Wildman–Crippen LogP) is 2.03. The Morgan fingerprint density at radius 2 is 1.36 bits per heavy atom. The van der Waals surface area contributed by atoms with Gasteiger partial charge in [0.25, 0.3) is 5.91 Å². The highest BCUT2D eigenvalue weighted by Crippen LogP contribution is 2.26. The van der Waals surface area contributed by atoms with Gasteiger partial charge in [0.1, 0.15) is 5.69 Å². The number of piperidine rings is 1. The second-order valence-corrected chi connectivity index (χ2v) is 11.2. The van der Waals surface area contributed by atoms with Crippen molar-refractivity contribution < 1.29 is 38.9 Å². The highest BCUT2D eigenvalue weighted by Gasteiger charge is 2.30. The van der Waals surface area contributed by atoms with Gasteiger partial charge in [0, 0.05) is 82.9 Å². The lowest BCUT2D eigenvalue weighted by molar-refractivity contribution is -0.143. The molecule has 1 aromatic carbocycles. The van der Waals surface area contributed by atoms with Crippen LogP contribution in [-0.4, -0.2) is 125 Å². The van der Waals surface area contributed by atoms with Crippen LogP contribution in [-0.2, 0) is 26.2 Å². The fraction of sp³-hybridized carbons (Fsp3) is 0.516. The summed E-state index contributed by atoms with van der Waals surface area (Å²) < 4.78 is 7.18. The quantitative estimate of drug-likeness (QED) is 0.417. The van der Waals surface area contributed by atoms with E-state index in [1.54, 1.807) is 9.80 Å². The molecule has 5 rings (SSSR count). The van der Waals surface area contributed by atoms with E-state index in [1.165, 1.54) is 0 Å². The Morgan fingerprint density at radius 3 is 1.89 bits per heavy atom. The van der Waals surface area contributed by atoms with Gasteiger partial charge in [0.05, 0.1) is 26.1 Å². The fourth-order valence-electron chi connectivity index (χ4n) is 5.56. The molecule has 0 radical (unpaired) electrons. The number of nitrogens with zero attached hydrogens (tertiary/aromatic N) is 5. The number of carbonyl (C=O) groups is 5. The van der Waals surface area contributed by atoms with Crippen LogP contribution in [0.3, 0.4) is 0 Å². The van der Waals surface area contributed by atoms with Crippen LogP contribution >= 0.6 is 0 Å². The first kappa shape index (κ1) is 33.3. The molecule has 3 aliphatic heterocycles. The molecule has 3 fully saturated rings. The third kappa shape index (κ3) is 9.45. The van der Waals surface area contributed by atoms with Crippen LogP contribution in [0.2, 0.25) is 0 Å². The Labute approximate surface area is 262 Å². The van der Waals surface area contributed by atoms with Crippen molar-refractivity contribution in [3.8, 4) is 0 Å². The van der Waals surface area contributed by atoms with E-state index in [2.05, 4.69) is 10.2 Å². The third-order valence-corrected chi connectivity index (χ3v) is 8.22. The number of carboxylic acid groups (broad SMARTS) is 2. The maximum atomic E-state index is 12.8. The molecule has 4 heterocycles. The normalized spacial score (nSPS) is 17.3. The highest BCUT2D eigenvalue weighted by atomic mass is 16.5. The summed E-state index contributed by atoms with van der Waals surface area (Å²) in [6, 6.07) is 11.4. The number of ether oxygens (including phenoxy) is 1. The zero-order valence-corrected chi connectivity index (χ0v) is 25.6. The van der Waals surface area contributed by atoms with Gasteiger partial charge >= 0.3 is 18.0 Å². The highest BCUT2D eigenvalue weighted by molar-refractivity contribution is 5.93. The van der Waals surface area contributed by atoms with Crippen molar-refractivity contribution in [1.82, 2.24) is 19.3 Å². The number of hydrogen-bond donors (Lipinski definition) is 3. The van der Waals surface area contributed by atoms with Crippen molar-refractivity contribution >= 4 is 41.2 Å². The molecular weight excluding hydrogens is 584 g/mol. The number of aromatic nitrogens is 1. The maximum absolute atomic E-state index is 12.8. The van der Waals surface area contributed by atoms with Gasteiger partial charge in [-0.1, -0.05) is 0 Å². The van der Waals surface area contributed by atoms with Crippen LogP contribution in [0.1, 0.15) is 36.2 Å². The number of urea groups is 1. The Hall–Kier alpha value is -4.59. The molecule has 1 aromatic heterocycles. The monoisotopic (exact) mass is 626 g/mol. The molecule has 0 unspecified atom stereocenters. The van der Waals surface area contributed by atoms with Crippen molar-refractivity contribution in [3.05, 3.63) is 48.3 Å². The average Bonchev–Trinajstić information content (AvgIpc) is 3.50. The van der Waals surface area contributed by atoms with Crippen LogP contribution in [0.25, 0.3) is 0 Å². The van der Waals surface area contributed by atoms with E-state index < -0.39 is 11.9 Å². The molecule has 14 heteroatoms. The summed E-state index contributed by atoms with van der Waals surface area (Å²) in [6.07, 6.45) is 2.98. The number of rotatable bonds is 7. The van der Waals surface area contributed by atoms with Gasteiger partial charge in [-0.05, 0) is 49.2 Å². The number of morpholine rings is 1. The van der Waals surface area contributed by atoms with Crippen LogP contribution in [0.5, 0.6) is 0 Å². The van der Waals surface area contributed by atoms with Gasteiger partial charge in [-0.3, -0.25) is 19.2 Å². The van der Waals surface area contributed by atoms with Gasteiger partial charge in [-0.25, -0.2) is 4.79 Å². The first-order valence-corrected chi connectivity index (χ1v) is 15.2. The third-order valence-electron chi connectivity index (χ3n) is 8.22. The minimum atomic E-state index is -1.08. The SMILES string of the molecule is Cn1cccc1C(=O)N1CCN(C(=O)Nc2ccc(N3CCC(C(=O)N4CCOCC4)CC3)cc2)CC1.O=C(O)CCC(=O)O. The molecule has 3 N–H and O–H groups in total. The lowest BCUT2D eigenvalue weighted by Crippen LogP contribution is -2.51. The number of hydrogen-bond acceptors (Lipinski definition) is 7. The molecular formula is C31H42N6O8. The van der Waals surface area contributed by atoms with Crippen LogP contribution in [0, 0.1) is 5.92 Å². The van der Waals surface area contributed by atoms with E-state index in [0.717, 1.165) is 37.3 Å². The van der Waals surface area contributed by atoms with E-state index in [4.69, 9.17) is 14.9 Å². The van der Waals surface area contributed by atoms with E-state index in [1.807, 2.05) is 59.1 Å². The average molecular weight is 627 g/mol. The summed E-state index contributed by atoms with van der Waals surface area (Å²) in [5, 5.41) is 18.8. The maximum Gasteiger partial charge on any atom is 0.321 e. The van der Waals surface area contributed by atoms with Gasteiger partial charge in [-0.2, -0.15) is 0 Å². The molecule has 3 aliphatic rings. The number of nitrogens with one attached hydrogen (secondary N) is 1. The number of carboxylic acids is 2. The van der Waals surface area contributed by atoms with E-state index in [0.29, 0.717) is 58.2 Å². The second-order valence-electron chi connectivity index (χ2n) is 11.2. The van der Waals surface area contributed by atoms with Gasteiger partial charge < -0.3 is 44.4 Å². The largest absolute Gasteiger partial charge is 0.481 e. The van der Waals surface area contributed by atoms with E-state index in [9.17, 15) is 24.0 Å². The van der Waals surface area contributed by atoms with Crippen molar-refractivity contribution in [2.75, 3.05) is 75.8 Å². The minimum absolute atomic E-state index is 0.00218. The van der Waals surface area contributed by atoms with Gasteiger partial charge in [0.2, 0.25) is 5.91 Å². The standard InChI is InChI=1S/C27H36N6O4.C4H6O4/c1-29-10-2-3-24(29)26(35)31-13-15-33(16-14-31)27(36)28-22-4-6-23(7-5-22)30-11-8-21(9-12-30)25(34)32-17-19-37-20-18-32;5-3(6)1-2-4(7)8/h2-7,10,21H,8-9,11-20H2,1H3,(H,28,36);1-2H2,(H,5,6)(H,7,8).